The molecule has 1 heterocycles. The first-order valence-electron chi connectivity index (χ1n) is 9.75. The van der Waals surface area contributed by atoms with Gasteiger partial charge < -0.3 is 10.1 Å². The highest BCUT2D eigenvalue weighted by atomic mass is 35.5. The van der Waals surface area contributed by atoms with Crippen LogP contribution in [0.5, 0.6) is 5.75 Å². The first-order chi connectivity index (χ1) is 15.0. The molecule has 1 aliphatic heterocycles. The number of sulfonamides is 2. The van der Waals surface area contributed by atoms with Gasteiger partial charge in [-0.15, -0.1) is 0 Å². The summed E-state index contributed by atoms with van der Waals surface area (Å²) < 4.78 is 55.5. The number of halogens is 1. The summed E-state index contributed by atoms with van der Waals surface area (Å²) in [7, 11) is -6.31. The van der Waals surface area contributed by atoms with E-state index in [-0.39, 0.29) is 46.1 Å². The first-order valence-corrected chi connectivity index (χ1v) is 13.1. The predicted molar refractivity (Wildman–Crippen MR) is 119 cm³/mol. The molecule has 0 aromatic heterocycles. The maximum atomic E-state index is 13.2. The molecule has 1 amide bonds. The minimum Gasteiger partial charge on any atom is -0.495 e. The molecule has 12 heteroatoms. The molecule has 1 aliphatic rings. The van der Waals surface area contributed by atoms with E-state index in [0.29, 0.717) is 18.4 Å². The van der Waals surface area contributed by atoms with Crippen LogP contribution in [0.25, 0.3) is 0 Å². The number of ether oxygens (including phenoxy) is 1. The van der Waals surface area contributed by atoms with Crippen molar-refractivity contribution >= 4 is 37.6 Å². The van der Waals surface area contributed by atoms with Gasteiger partial charge in [0.2, 0.25) is 26.0 Å². The van der Waals surface area contributed by atoms with Crippen LogP contribution in [-0.4, -0.2) is 47.2 Å². The number of hydrogen-bond acceptors (Lipinski definition) is 6. The molecule has 1 unspecified atom stereocenters. The van der Waals surface area contributed by atoms with Crippen LogP contribution >= 0.6 is 11.6 Å². The van der Waals surface area contributed by atoms with Gasteiger partial charge in [0.15, 0.2) is 0 Å². The monoisotopic (exact) mass is 501 g/mol. The summed E-state index contributed by atoms with van der Waals surface area (Å²) in [4.78, 5) is 12.6. The van der Waals surface area contributed by atoms with Crippen molar-refractivity contribution in [2.24, 2.45) is 11.1 Å². The minimum absolute atomic E-state index is 0.0165. The maximum absolute atomic E-state index is 13.2. The van der Waals surface area contributed by atoms with Crippen LogP contribution in [0.4, 0.5) is 0 Å². The average molecular weight is 502 g/mol. The highest BCUT2D eigenvalue weighted by molar-refractivity contribution is 7.89. The van der Waals surface area contributed by atoms with Gasteiger partial charge in [0, 0.05) is 24.7 Å². The van der Waals surface area contributed by atoms with Crippen molar-refractivity contribution in [2.45, 2.75) is 29.2 Å². The number of benzene rings is 2. The summed E-state index contributed by atoms with van der Waals surface area (Å²) in [6, 6.07) is 10.2. The van der Waals surface area contributed by atoms with Gasteiger partial charge in [-0.2, -0.15) is 4.31 Å². The lowest BCUT2D eigenvalue weighted by atomic mass is 9.99. The molecule has 2 aromatic rings. The zero-order chi connectivity index (χ0) is 23.5. The van der Waals surface area contributed by atoms with Gasteiger partial charge in [-0.1, -0.05) is 23.7 Å². The van der Waals surface area contributed by atoms with Gasteiger partial charge in [-0.3, -0.25) is 4.79 Å². The quantitative estimate of drug-likeness (QED) is 0.592. The van der Waals surface area contributed by atoms with E-state index in [1.165, 1.54) is 35.7 Å². The SMILES string of the molecule is COc1ccc(Cl)cc1S(=O)(=O)N1CCCC(C(=O)NCc2ccc(S(N)(=O)=O)cc2)C1. The Morgan fingerprint density at radius 3 is 2.50 bits per heavy atom. The Morgan fingerprint density at radius 1 is 1.19 bits per heavy atom. The fraction of sp³-hybridized carbons (Fsp3) is 0.350. The molecule has 1 fully saturated rings. The molecular weight excluding hydrogens is 478 g/mol. The van der Waals surface area contributed by atoms with Crippen molar-refractivity contribution in [1.29, 1.82) is 0 Å². The van der Waals surface area contributed by atoms with Gasteiger partial charge in [-0.25, -0.2) is 22.0 Å². The van der Waals surface area contributed by atoms with Crippen molar-refractivity contribution in [3.8, 4) is 5.75 Å². The molecule has 3 rings (SSSR count). The summed E-state index contributed by atoms with van der Waals surface area (Å²) >= 11 is 5.99. The smallest absolute Gasteiger partial charge is 0.246 e. The molecule has 3 N–H and O–H groups in total. The number of hydrogen-bond donors (Lipinski definition) is 2. The number of methoxy groups -OCH3 is 1. The van der Waals surface area contributed by atoms with Crippen LogP contribution in [0, 0.1) is 5.92 Å². The number of amides is 1. The average Bonchev–Trinajstić information content (AvgIpc) is 2.77. The van der Waals surface area contributed by atoms with Crippen LogP contribution in [0.1, 0.15) is 18.4 Å². The second kappa shape index (κ2) is 9.75. The normalized spacial score (nSPS) is 17.7. The van der Waals surface area contributed by atoms with Crippen LogP contribution in [0.2, 0.25) is 5.02 Å². The number of nitrogens with one attached hydrogen (secondary N) is 1. The third-order valence-corrected chi connectivity index (χ3v) is 8.27. The second-order valence-corrected chi connectivity index (χ2v) is 11.3. The summed E-state index contributed by atoms with van der Waals surface area (Å²) in [6.45, 7) is 0.500. The molecule has 0 saturated carbocycles. The second-order valence-electron chi connectivity index (χ2n) is 7.40. The molecule has 0 aliphatic carbocycles. The molecule has 1 atom stereocenters. The van der Waals surface area contributed by atoms with Crippen molar-refractivity contribution < 1.29 is 26.4 Å². The Kier molecular flexibility index (Phi) is 7.46. The molecular formula is C20H24ClN3O6S2. The number of primary sulfonamides is 1. The lowest BCUT2D eigenvalue weighted by Crippen LogP contribution is -2.45. The summed E-state index contributed by atoms with van der Waals surface area (Å²) in [6.07, 6.45) is 1.08. The maximum Gasteiger partial charge on any atom is 0.246 e. The number of piperidine rings is 1. The highest BCUT2D eigenvalue weighted by Gasteiger charge is 2.35. The van der Waals surface area contributed by atoms with Crippen molar-refractivity contribution in [2.75, 3.05) is 20.2 Å². The Morgan fingerprint density at radius 2 is 1.88 bits per heavy atom. The Balaban J connectivity index is 1.68. The topological polar surface area (TPSA) is 136 Å². The lowest BCUT2D eigenvalue weighted by molar-refractivity contribution is -0.126. The van der Waals surface area contributed by atoms with E-state index in [1.807, 2.05) is 0 Å². The lowest BCUT2D eigenvalue weighted by Gasteiger charge is -2.31. The Labute approximate surface area is 192 Å². The molecule has 2 aromatic carbocycles. The molecule has 9 nitrogen and oxygen atoms in total. The number of carbonyl (C=O) groups is 1. The fourth-order valence-electron chi connectivity index (χ4n) is 3.50. The van der Waals surface area contributed by atoms with Gasteiger partial charge >= 0.3 is 0 Å². The zero-order valence-corrected chi connectivity index (χ0v) is 19.7. The molecule has 0 spiro atoms. The van der Waals surface area contributed by atoms with Crippen LogP contribution in [0.15, 0.2) is 52.3 Å². The highest BCUT2D eigenvalue weighted by Crippen LogP contribution is 2.32. The minimum atomic E-state index is -3.90. The standard InChI is InChI=1S/C20H24ClN3O6S2/c1-30-18-9-6-16(21)11-19(18)32(28,29)24-10-2-3-15(13-24)20(25)23-12-14-4-7-17(8-5-14)31(22,26)27/h4-9,11,15H,2-3,10,12-13H2,1H3,(H,23,25)(H2,22,26,27). The molecule has 0 radical (unpaired) electrons. The molecule has 0 bridgehead atoms. The van der Waals surface area contributed by atoms with Gasteiger partial charge in [-0.05, 0) is 48.7 Å². The van der Waals surface area contributed by atoms with Crippen LogP contribution < -0.4 is 15.2 Å². The van der Waals surface area contributed by atoms with Gasteiger partial charge in [0.05, 0.1) is 17.9 Å². The van der Waals surface area contributed by atoms with E-state index in [4.69, 9.17) is 21.5 Å². The molecule has 174 valence electrons. The van der Waals surface area contributed by atoms with Crippen molar-refractivity contribution in [3.05, 3.63) is 53.1 Å². The van der Waals surface area contributed by atoms with E-state index in [2.05, 4.69) is 5.32 Å². The molecule has 1 saturated heterocycles. The zero-order valence-electron chi connectivity index (χ0n) is 17.3. The molecule has 32 heavy (non-hydrogen) atoms. The number of carbonyl (C=O) groups excluding carboxylic acids is 1. The number of rotatable bonds is 7. The first kappa shape index (κ1) is 24.5. The van der Waals surface area contributed by atoms with E-state index in [0.717, 1.165) is 0 Å². The van der Waals surface area contributed by atoms with Crippen molar-refractivity contribution in [3.63, 3.8) is 0 Å². The van der Waals surface area contributed by atoms with Crippen LogP contribution in [-0.2, 0) is 31.4 Å². The van der Waals surface area contributed by atoms with Crippen LogP contribution in [0.3, 0.4) is 0 Å². The Bertz CT molecular complexity index is 1200. The van der Waals surface area contributed by atoms with E-state index in [9.17, 15) is 21.6 Å². The van der Waals surface area contributed by atoms with E-state index in [1.54, 1.807) is 18.2 Å². The third kappa shape index (κ3) is 5.59. The number of nitrogens with zero attached hydrogens (tertiary/aromatic N) is 1. The predicted octanol–water partition coefficient (Wildman–Crippen LogP) is 1.71. The van der Waals surface area contributed by atoms with E-state index < -0.39 is 26.0 Å². The summed E-state index contributed by atoms with van der Waals surface area (Å²) in [5.41, 5.74) is 0.690. The van der Waals surface area contributed by atoms with Gasteiger partial charge in [0.1, 0.15) is 10.6 Å². The Hall–Kier alpha value is -2.18. The summed E-state index contributed by atoms with van der Waals surface area (Å²) in [5, 5.41) is 8.13. The van der Waals surface area contributed by atoms with E-state index >= 15 is 0 Å². The fourth-order valence-corrected chi connectivity index (χ4v) is 5.95. The largest absolute Gasteiger partial charge is 0.495 e. The summed E-state index contributed by atoms with van der Waals surface area (Å²) in [5.74, 6) is -0.616. The van der Waals surface area contributed by atoms with Gasteiger partial charge in [0.25, 0.3) is 0 Å². The van der Waals surface area contributed by atoms with Crippen molar-refractivity contribution in [1.82, 2.24) is 9.62 Å². The third-order valence-electron chi connectivity index (χ3n) is 5.22. The number of nitrogens with two attached hydrogens (primary N) is 1.